The van der Waals surface area contributed by atoms with Gasteiger partial charge in [-0.25, -0.2) is 4.99 Å². The lowest BCUT2D eigenvalue weighted by atomic mass is 9.79. The third-order valence-electron chi connectivity index (χ3n) is 4.53. The third-order valence-corrected chi connectivity index (χ3v) is 4.82. The average Bonchev–Trinajstić information content (AvgIpc) is 3.05. The monoisotopic (exact) mass is 397 g/mol. The van der Waals surface area contributed by atoms with E-state index in [0.717, 1.165) is 0 Å². The van der Waals surface area contributed by atoms with E-state index in [1.54, 1.807) is 0 Å². The molecular formula is C16H14ClF2N5O3. The number of halogens is 3. The number of ether oxygens (including phenoxy) is 2. The molecule has 11 heteroatoms. The summed E-state index contributed by atoms with van der Waals surface area (Å²) in [5.41, 5.74) is 4.10. The molecule has 3 heterocycles. The van der Waals surface area contributed by atoms with Crippen LogP contribution in [0.4, 0.5) is 14.5 Å². The van der Waals surface area contributed by atoms with Crippen molar-refractivity contribution in [3.8, 4) is 5.75 Å². The Bertz CT molecular complexity index is 948. The molecule has 0 unspecified atom stereocenters. The van der Waals surface area contributed by atoms with Crippen LogP contribution in [-0.4, -0.2) is 41.3 Å². The first-order valence-corrected chi connectivity index (χ1v) is 8.34. The van der Waals surface area contributed by atoms with E-state index in [-0.39, 0.29) is 46.8 Å². The fourth-order valence-corrected chi connectivity index (χ4v) is 3.38. The number of aliphatic imine (C=N–C) groups is 1. The van der Waals surface area contributed by atoms with E-state index in [9.17, 15) is 13.6 Å². The summed E-state index contributed by atoms with van der Waals surface area (Å²) in [6.07, 6.45) is 1.20. The zero-order chi connectivity index (χ0) is 19.2. The second-order valence-electron chi connectivity index (χ2n) is 6.16. The molecule has 4 rings (SSSR count). The van der Waals surface area contributed by atoms with Gasteiger partial charge in [-0.15, -0.1) is 0 Å². The molecule has 2 aliphatic heterocycles. The van der Waals surface area contributed by atoms with Crippen molar-refractivity contribution >= 4 is 29.2 Å². The van der Waals surface area contributed by atoms with Gasteiger partial charge in [0.1, 0.15) is 11.4 Å². The first-order valence-electron chi connectivity index (χ1n) is 7.96. The Balaban J connectivity index is 1.75. The summed E-state index contributed by atoms with van der Waals surface area (Å²) in [5, 5.41) is 8.87. The highest BCUT2D eigenvalue weighted by atomic mass is 35.5. The van der Waals surface area contributed by atoms with Crippen LogP contribution in [0.5, 0.6) is 5.75 Å². The molecule has 8 nitrogen and oxygen atoms in total. The lowest BCUT2D eigenvalue weighted by molar-refractivity contribution is -0.132. The predicted molar refractivity (Wildman–Crippen MR) is 92.3 cm³/mol. The van der Waals surface area contributed by atoms with Crippen LogP contribution in [0.25, 0.3) is 0 Å². The molecule has 0 fully saturated rings. The van der Waals surface area contributed by atoms with Crippen molar-refractivity contribution < 1.29 is 23.0 Å². The van der Waals surface area contributed by atoms with Crippen molar-refractivity contribution in [3.05, 3.63) is 40.7 Å². The number of anilines is 1. The number of hydrogen-bond donors (Lipinski definition) is 3. The number of aromatic nitrogens is 2. The predicted octanol–water partition coefficient (Wildman–Crippen LogP) is 2.27. The van der Waals surface area contributed by atoms with Gasteiger partial charge in [-0.2, -0.15) is 13.9 Å². The van der Waals surface area contributed by atoms with Gasteiger partial charge in [-0.05, 0) is 18.2 Å². The molecule has 1 spiro atoms. The van der Waals surface area contributed by atoms with E-state index in [4.69, 9.17) is 26.8 Å². The number of aromatic amines is 1. The molecule has 0 saturated carbocycles. The number of nitrogens with two attached hydrogens (primary N) is 1. The van der Waals surface area contributed by atoms with E-state index in [1.807, 2.05) is 0 Å². The number of carbonyl (C=O) groups is 1. The number of nitrogens with zero attached hydrogens (tertiary/aromatic N) is 2. The minimum atomic E-state index is -3.30. The molecule has 27 heavy (non-hydrogen) atoms. The van der Waals surface area contributed by atoms with Gasteiger partial charge in [0.25, 0.3) is 11.9 Å². The van der Waals surface area contributed by atoms with Crippen molar-refractivity contribution in [3.63, 3.8) is 0 Å². The molecule has 1 aromatic heterocycles. The van der Waals surface area contributed by atoms with Crippen LogP contribution in [0, 0.1) is 0 Å². The molecule has 0 aliphatic carbocycles. The Hall–Kier alpha value is -2.88. The van der Waals surface area contributed by atoms with E-state index in [0.29, 0.717) is 0 Å². The van der Waals surface area contributed by atoms with Crippen molar-refractivity contribution in [2.45, 2.75) is 17.9 Å². The highest BCUT2D eigenvalue weighted by molar-refractivity contribution is 6.34. The first kappa shape index (κ1) is 17.5. The van der Waals surface area contributed by atoms with E-state index < -0.39 is 24.0 Å². The Morgan fingerprint density at radius 3 is 2.93 bits per heavy atom. The van der Waals surface area contributed by atoms with Gasteiger partial charge in [0.15, 0.2) is 12.1 Å². The van der Waals surface area contributed by atoms with Crippen LogP contribution >= 0.6 is 11.6 Å². The highest BCUT2D eigenvalue weighted by Crippen LogP contribution is 2.51. The maximum absolute atomic E-state index is 14.8. The number of carbonyl (C=O) groups excluding carboxylic acids is 1. The molecule has 0 saturated heterocycles. The number of nitrogens with one attached hydrogen (secondary N) is 2. The van der Waals surface area contributed by atoms with Crippen LogP contribution in [0.15, 0.2) is 29.4 Å². The molecule has 1 aromatic carbocycles. The van der Waals surface area contributed by atoms with Crippen LogP contribution in [-0.2, 0) is 10.3 Å². The molecule has 0 bridgehead atoms. The van der Waals surface area contributed by atoms with Crippen molar-refractivity contribution in [2.75, 3.05) is 18.5 Å². The first-order chi connectivity index (χ1) is 12.8. The van der Waals surface area contributed by atoms with Crippen LogP contribution in [0.1, 0.15) is 22.5 Å². The maximum atomic E-state index is 14.8. The quantitative estimate of drug-likeness (QED) is 0.719. The molecule has 0 radical (unpaired) electrons. The molecule has 1 amide bonds. The van der Waals surface area contributed by atoms with Gasteiger partial charge >= 0.3 is 5.92 Å². The van der Waals surface area contributed by atoms with Gasteiger partial charge in [0.05, 0.1) is 17.8 Å². The summed E-state index contributed by atoms with van der Waals surface area (Å²) >= 11 is 5.87. The summed E-state index contributed by atoms with van der Waals surface area (Å²) < 4.78 is 39.8. The Labute approximate surface area is 156 Å². The van der Waals surface area contributed by atoms with Crippen molar-refractivity contribution in [1.29, 1.82) is 0 Å². The standard InChI is InChI=1S/C16H14ClF2N5O3/c17-10-6-21-24-12(10)13(25)22-8-1-2-11-9(5-8)15(3-4-26-11)16(18,19)7-27-14(20)23-15/h1-2,5-6H,3-4,7H2,(H2,20,23)(H,21,24)(H,22,25)/t15-/m1/s1. The van der Waals surface area contributed by atoms with Gasteiger partial charge in [-0.3, -0.25) is 9.89 Å². The largest absolute Gasteiger partial charge is 0.493 e. The minimum absolute atomic E-state index is 0.0504. The summed E-state index contributed by atoms with van der Waals surface area (Å²) in [7, 11) is 0. The van der Waals surface area contributed by atoms with Crippen LogP contribution in [0.3, 0.4) is 0 Å². The smallest absolute Gasteiger partial charge is 0.310 e. The molecule has 142 valence electrons. The van der Waals surface area contributed by atoms with Crippen molar-refractivity contribution in [1.82, 2.24) is 10.2 Å². The molecule has 1 atom stereocenters. The summed E-state index contributed by atoms with van der Waals surface area (Å²) in [6.45, 7) is -0.836. The average molecular weight is 398 g/mol. The van der Waals surface area contributed by atoms with Gasteiger partial charge in [0, 0.05) is 17.7 Å². The Morgan fingerprint density at radius 2 is 2.19 bits per heavy atom. The second kappa shape index (κ2) is 6.08. The fourth-order valence-electron chi connectivity index (χ4n) is 3.21. The summed E-state index contributed by atoms with van der Waals surface area (Å²) in [5.74, 6) is -3.62. The number of H-pyrrole nitrogens is 1. The van der Waals surface area contributed by atoms with Crippen molar-refractivity contribution in [2.24, 2.45) is 10.7 Å². The third kappa shape index (κ3) is 2.76. The van der Waals surface area contributed by atoms with Gasteiger partial charge in [-0.1, -0.05) is 11.6 Å². The number of alkyl halides is 2. The number of amides is 1. The maximum Gasteiger partial charge on any atom is 0.310 e. The Kier molecular flexibility index (Phi) is 3.95. The summed E-state index contributed by atoms with van der Waals surface area (Å²) in [4.78, 5) is 16.2. The Morgan fingerprint density at radius 1 is 1.37 bits per heavy atom. The molecular weight excluding hydrogens is 384 g/mol. The normalized spacial score (nSPS) is 23.0. The van der Waals surface area contributed by atoms with Gasteiger partial charge in [0.2, 0.25) is 0 Å². The number of rotatable bonds is 2. The van der Waals surface area contributed by atoms with E-state index in [2.05, 4.69) is 20.5 Å². The summed E-state index contributed by atoms with van der Waals surface area (Å²) in [6, 6.07) is 4.11. The molecule has 2 aromatic rings. The molecule has 2 aliphatic rings. The van der Waals surface area contributed by atoms with E-state index >= 15 is 0 Å². The lowest BCUT2D eigenvalue weighted by Crippen LogP contribution is -2.54. The zero-order valence-electron chi connectivity index (χ0n) is 13.8. The zero-order valence-corrected chi connectivity index (χ0v) is 14.5. The number of hydrogen-bond acceptors (Lipinski definition) is 6. The second-order valence-corrected chi connectivity index (χ2v) is 6.57. The van der Waals surface area contributed by atoms with Gasteiger partial charge < -0.3 is 20.5 Å². The van der Waals surface area contributed by atoms with Crippen LogP contribution < -0.4 is 15.8 Å². The SMILES string of the molecule is NC1=N[C@@]2(CCOc3ccc(NC(=O)c4[nH]ncc4Cl)cc32)C(F)(F)CO1. The number of amidine groups is 1. The fraction of sp³-hybridized carbons (Fsp3) is 0.312. The molecule has 4 N–H and O–H groups in total. The highest BCUT2D eigenvalue weighted by Gasteiger charge is 2.60. The lowest BCUT2D eigenvalue weighted by Gasteiger charge is -2.43. The van der Waals surface area contributed by atoms with E-state index in [1.165, 1.54) is 24.4 Å². The number of benzene rings is 1. The number of fused-ring (bicyclic) bond motifs is 2. The minimum Gasteiger partial charge on any atom is -0.493 e. The van der Waals surface area contributed by atoms with Crippen LogP contribution in [0.2, 0.25) is 5.02 Å². The topological polar surface area (TPSA) is 115 Å².